The molecular weight excluding hydrogens is 360 g/mol. The largest absolute Gasteiger partial charge is 0.341 e. The quantitative estimate of drug-likeness (QED) is 0.452. The normalized spacial score (nSPS) is 11.0. The van der Waals surface area contributed by atoms with Gasteiger partial charge in [0.25, 0.3) is 0 Å². The Labute approximate surface area is 171 Å². The molecule has 2 aromatic heterocycles. The van der Waals surface area contributed by atoms with Crippen LogP contribution in [0.3, 0.4) is 0 Å². The van der Waals surface area contributed by atoms with Gasteiger partial charge in [-0.25, -0.2) is 4.68 Å². The van der Waals surface area contributed by atoms with Crippen LogP contribution < -0.4 is 10.2 Å². The molecule has 0 radical (unpaired) electrons. The van der Waals surface area contributed by atoms with Gasteiger partial charge in [-0.3, -0.25) is 0 Å². The van der Waals surface area contributed by atoms with E-state index >= 15 is 0 Å². The number of para-hydroxylation sites is 2. The summed E-state index contributed by atoms with van der Waals surface area (Å²) in [5.74, 6) is 1.51. The first kappa shape index (κ1) is 18.9. The summed E-state index contributed by atoms with van der Waals surface area (Å²) in [4.78, 5) is 12.1. The number of aromatic nitrogens is 4. The smallest absolute Gasteiger partial charge is 0.229 e. The minimum atomic E-state index is 0.734. The molecule has 0 saturated heterocycles. The van der Waals surface area contributed by atoms with Crippen LogP contribution in [0.1, 0.15) is 26.7 Å². The van der Waals surface area contributed by atoms with Gasteiger partial charge >= 0.3 is 0 Å². The van der Waals surface area contributed by atoms with Crippen LogP contribution in [0.4, 0.5) is 17.5 Å². The van der Waals surface area contributed by atoms with E-state index in [1.54, 1.807) is 0 Å². The highest BCUT2D eigenvalue weighted by atomic mass is 15.3. The van der Waals surface area contributed by atoms with Crippen molar-refractivity contribution >= 4 is 28.5 Å². The molecule has 0 aliphatic rings. The molecule has 0 saturated carbocycles. The third-order valence-corrected chi connectivity index (χ3v) is 4.72. The monoisotopic (exact) mass is 386 g/mol. The van der Waals surface area contributed by atoms with E-state index in [-0.39, 0.29) is 0 Å². The zero-order valence-electron chi connectivity index (χ0n) is 16.9. The second-order valence-electron chi connectivity index (χ2n) is 6.98. The zero-order chi connectivity index (χ0) is 20.1. The molecule has 2 heterocycles. The molecule has 0 spiro atoms. The van der Waals surface area contributed by atoms with Crippen molar-refractivity contribution in [2.75, 3.05) is 23.3 Å². The van der Waals surface area contributed by atoms with E-state index in [1.807, 2.05) is 71.5 Å². The van der Waals surface area contributed by atoms with Gasteiger partial charge in [0.1, 0.15) is 5.82 Å². The van der Waals surface area contributed by atoms with Crippen molar-refractivity contribution in [1.82, 2.24) is 19.7 Å². The Balaban J connectivity index is 1.86. The van der Waals surface area contributed by atoms with E-state index in [9.17, 15) is 0 Å². The fraction of sp³-hybridized carbons (Fsp3) is 0.261. The topological polar surface area (TPSA) is 58.9 Å². The number of nitrogens with zero attached hydrogens (tertiary/aromatic N) is 5. The number of anilines is 3. The molecule has 0 amide bonds. The average Bonchev–Trinajstić information content (AvgIpc) is 3.19. The Hall–Kier alpha value is -3.41. The summed E-state index contributed by atoms with van der Waals surface area (Å²) in [6.07, 6.45) is 3.92. The molecular formula is C23H26N6. The molecule has 0 bridgehead atoms. The molecule has 148 valence electrons. The van der Waals surface area contributed by atoms with Crippen molar-refractivity contribution in [3.8, 4) is 5.69 Å². The van der Waals surface area contributed by atoms with Crippen LogP contribution in [0, 0.1) is 0 Å². The summed E-state index contributed by atoms with van der Waals surface area (Å²) in [7, 11) is 0. The Kier molecular flexibility index (Phi) is 5.70. The third kappa shape index (κ3) is 4.06. The van der Waals surface area contributed by atoms with Crippen LogP contribution in [0.2, 0.25) is 0 Å². The van der Waals surface area contributed by atoms with Crippen molar-refractivity contribution in [2.24, 2.45) is 0 Å². The molecule has 0 fully saturated rings. The van der Waals surface area contributed by atoms with E-state index in [0.717, 1.165) is 60.1 Å². The van der Waals surface area contributed by atoms with Gasteiger partial charge in [0.15, 0.2) is 5.65 Å². The first-order valence-corrected chi connectivity index (χ1v) is 10.2. The highest BCUT2D eigenvalue weighted by Crippen LogP contribution is 2.28. The van der Waals surface area contributed by atoms with Crippen LogP contribution in [-0.4, -0.2) is 32.8 Å². The van der Waals surface area contributed by atoms with Gasteiger partial charge in [0.05, 0.1) is 17.3 Å². The SMILES string of the molecule is CCCN(CCC)c1nc(Nc2ccccc2)c2cnn(-c3ccccc3)c2n1. The fourth-order valence-electron chi connectivity index (χ4n) is 3.40. The number of hydrogen-bond acceptors (Lipinski definition) is 5. The first-order chi connectivity index (χ1) is 14.3. The molecule has 4 aromatic rings. The van der Waals surface area contributed by atoms with Gasteiger partial charge in [-0.2, -0.15) is 15.1 Å². The number of rotatable bonds is 8. The molecule has 2 aromatic carbocycles. The van der Waals surface area contributed by atoms with Crippen molar-refractivity contribution < 1.29 is 0 Å². The highest BCUT2D eigenvalue weighted by molar-refractivity contribution is 5.90. The van der Waals surface area contributed by atoms with E-state index in [0.29, 0.717) is 0 Å². The highest BCUT2D eigenvalue weighted by Gasteiger charge is 2.17. The summed E-state index contributed by atoms with van der Waals surface area (Å²) < 4.78 is 1.88. The minimum absolute atomic E-state index is 0.734. The molecule has 1 N–H and O–H groups in total. The molecule has 0 aliphatic carbocycles. The number of nitrogens with one attached hydrogen (secondary N) is 1. The van der Waals surface area contributed by atoms with Crippen molar-refractivity contribution in [3.05, 3.63) is 66.9 Å². The average molecular weight is 387 g/mol. The van der Waals surface area contributed by atoms with Crippen LogP contribution in [0.5, 0.6) is 0 Å². The fourth-order valence-corrected chi connectivity index (χ4v) is 3.40. The Morgan fingerprint density at radius 3 is 2.17 bits per heavy atom. The van der Waals surface area contributed by atoms with Crippen molar-refractivity contribution in [2.45, 2.75) is 26.7 Å². The lowest BCUT2D eigenvalue weighted by Crippen LogP contribution is -2.27. The number of benzene rings is 2. The lowest BCUT2D eigenvalue weighted by atomic mass is 10.3. The van der Waals surface area contributed by atoms with Gasteiger partial charge < -0.3 is 10.2 Å². The maximum Gasteiger partial charge on any atom is 0.229 e. The summed E-state index contributed by atoms with van der Waals surface area (Å²) >= 11 is 0. The first-order valence-electron chi connectivity index (χ1n) is 10.2. The molecule has 0 aliphatic heterocycles. The third-order valence-electron chi connectivity index (χ3n) is 4.72. The summed E-state index contributed by atoms with van der Waals surface area (Å²) in [5, 5.41) is 8.97. The van der Waals surface area contributed by atoms with Gasteiger partial charge in [-0.05, 0) is 37.1 Å². The van der Waals surface area contributed by atoms with Crippen LogP contribution in [-0.2, 0) is 0 Å². The lowest BCUT2D eigenvalue weighted by molar-refractivity contribution is 0.722. The number of fused-ring (bicyclic) bond motifs is 1. The molecule has 6 nitrogen and oxygen atoms in total. The van der Waals surface area contributed by atoms with Crippen LogP contribution >= 0.6 is 0 Å². The van der Waals surface area contributed by atoms with Gasteiger partial charge in [-0.15, -0.1) is 0 Å². The predicted molar refractivity (Wildman–Crippen MR) is 119 cm³/mol. The van der Waals surface area contributed by atoms with E-state index in [4.69, 9.17) is 9.97 Å². The standard InChI is InChI=1S/C23H26N6/c1-3-15-28(16-4-2)23-26-21(25-18-11-7-5-8-12-18)20-17-24-29(22(20)27-23)19-13-9-6-10-14-19/h5-14,17H,3-4,15-16H2,1-2H3,(H,25,26,27). The van der Waals surface area contributed by atoms with Gasteiger partial charge in [0, 0.05) is 18.8 Å². The summed E-state index contributed by atoms with van der Waals surface area (Å²) in [6, 6.07) is 20.2. The second kappa shape index (κ2) is 8.73. The van der Waals surface area contributed by atoms with Gasteiger partial charge in [-0.1, -0.05) is 50.2 Å². The number of hydrogen-bond donors (Lipinski definition) is 1. The van der Waals surface area contributed by atoms with E-state index < -0.39 is 0 Å². The molecule has 0 unspecified atom stereocenters. The molecule has 6 heteroatoms. The van der Waals surface area contributed by atoms with Crippen LogP contribution in [0.15, 0.2) is 66.9 Å². The molecule has 29 heavy (non-hydrogen) atoms. The van der Waals surface area contributed by atoms with Crippen LogP contribution in [0.25, 0.3) is 16.7 Å². The van der Waals surface area contributed by atoms with Crippen molar-refractivity contribution in [1.29, 1.82) is 0 Å². The Morgan fingerprint density at radius 1 is 0.862 bits per heavy atom. The molecule has 0 atom stereocenters. The minimum Gasteiger partial charge on any atom is -0.341 e. The summed E-state index contributed by atoms with van der Waals surface area (Å²) in [5.41, 5.74) is 2.77. The summed E-state index contributed by atoms with van der Waals surface area (Å²) in [6.45, 7) is 6.20. The second-order valence-corrected chi connectivity index (χ2v) is 6.98. The van der Waals surface area contributed by atoms with E-state index in [1.165, 1.54) is 0 Å². The van der Waals surface area contributed by atoms with Crippen molar-refractivity contribution in [3.63, 3.8) is 0 Å². The van der Waals surface area contributed by atoms with E-state index in [2.05, 4.69) is 29.2 Å². The maximum atomic E-state index is 4.93. The maximum absolute atomic E-state index is 4.93. The predicted octanol–water partition coefficient (Wildman–Crippen LogP) is 5.19. The Bertz CT molecular complexity index is 1050. The van der Waals surface area contributed by atoms with Gasteiger partial charge in [0.2, 0.25) is 5.95 Å². The lowest BCUT2D eigenvalue weighted by Gasteiger charge is -2.22. The Morgan fingerprint density at radius 2 is 1.52 bits per heavy atom. The molecule has 4 rings (SSSR count). The zero-order valence-corrected chi connectivity index (χ0v) is 16.9.